The molecule has 0 saturated heterocycles. The Morgan fingerprint density at radius 3 is 2.65 bits per heavy atom. The molecule has 0 N–H and O–H groups in total. The molecule has 6 heteroatoms. The topological polar surface area (TPSA) is 63.9 Å². The average Bonchev–Trinajstić information content (AvgIpc) is 3.15. The van der Waals surface area contributed by atoms with Gasteiger partial charge in [0, 0.05) is 24.8 Å². The molecule has 0 saturated carbocycles. The summed E-state index contributed by atoms with van der Waals surface area (Å²) in [6.45, 7) is 1.39. The summed E-state index contributed by atoms with van der Waals surface area (Å²) in [6, 6.07) is 11.8. The van der Waals surface area contributed by atoms with Gasteiger partial charge in [0.15, 0.2) is 0 Å². The van der Waals surface area contributed by atoms with Crippen molar-refractivity contribution in [2.24, 2.45) is 0 Å². The summed E-state index contributed by atoms with van der Waals surface area (Å²) in [4.78, 5) is 18.9. The summed E-state index contributed by atoms with van der Waals surface area (Å²) in [7, 11) is 0. The van der Waals surface area contributed by atoms with Crippen LogP contribution in [0.25, 0.3) is 5.82 Å². The summed E-state index contributed by atoms with van der Waals surface area (Å²) in [6.07, 6.45) is 5.66. The fourth-order valence-corrected chi connectivity index (χ4v) is 2.86. The van der Waals surface area contributed by atoms with Crippen molar-refractivity contribution in [2.75, 3.05) is 6.54 Å². The monoisotopic (exact) mass is 305 g/mol. The molecule has 0 aliphatic carbocycles. The van der Waals surface area contributed by atoms with E-state index in [9.17, 15) is 4.79 Å². The molecule has 114 valence electrons. The zero-order chi connectivity index (χ0) is 15.6. The lowest BCUT2D eigenvalue weighted by Crippen LogP contribution is -2.36. The molecule has 2 aromatic heterocycles. The second-order valence-electron chi connectivity index (χ2n) is 5.52. The second kappa shape index (κ2) is 5.64. The number of hydrogen-bond donors (Lipinski definition) is 0. The number of pyridine rings is 1. The van der Waals surface area contributed by atoms with Gasteiger partial charge in [-0.25, -0.2) is 4.98 Å². The fraction of sp³-hybridized carbons (Fsp3) is 0.176. The third-order valence-corrected chi connectivity index (χ3v) is 4.09. The molecule has 0 bridgehead atoms. The van der Waals surface area contributed by atoms with Gasteiger partial charge in [0.05, 0.1) is 0 Å². The Bertz CT molecular complexity index is 844. The minimum absolute atomic E-state index is 0.0243. The minimum atomic E-state index is 0.0243. The summed E-state index contributed by atoms with van der Waals surface area (Å²) in [5.74, 6) is 0.662. The lowest BCUT2D eigenvalue weighted by atomic mass is 9.99. The third kappa shape index (κ3) is 2.59. The van der Waals surface area contributed by atoms with Crippen LogP contribution in [0.15, 0.2) is 55.2 Å². The van der Waals surface area contributed by atoms with Crippen molar-refractivity contribution in [1.82, 2.24) is 24.6 Å². The lowest BCUT2D eigenvalue weighted by molar-refractivity contribution is 0.0734. The normalized spacial score (nSPS) is 13.7. The van der Waals surface area contributed by atoms with Crippen LogP contribution in [0.2, 0.25) is 0 Å². The predicted molar refractivity (Wildman–Crippen MR) is 84.0 cm³/mol. The Morgan fingerprint density at radius 1 is 1.04 bits per heavy atom. The first-order valence-electron chi connectivity index (χ1n) is 7.48. The van der Waals surface area contributed by atoms with E-state index < -0.39 is 0 Å². The highest BCUT2D eigenvalue weighted by Crippen LogP contribution is 2.20. The number of carbonyl (C=O) groups excluding carboxylic acids is 1. The van der Waals surface area contributed by atoms with Crippen molar-refractivity contribution in [3.8, 4) is 5.82 Å². The van der Waals surface area contributed by atoms with Gasteiger partial charge in [-0.1, -0.05) is 24.3 Å². The highest BCUT2D eigenvalue weighted by molar-refractivity contribution is 5.94. The summed E-state index contributed by atoms with van der Waals surface area (Å²) >= 11 is 0. The molecule has 1 aromatic carbocycles. The summed E-state index contributed by atoms with van der Waals surface area (Å²) < 4.78 is 1.68. The van der Waals surface area contributed by atoms with Crippen LogP contribution in [0, 0.1) is 0 Å². The SMILES string of the molecule is O=C(c1ccnc(-n2cnnc2)c1)N1CCc2ccccc2C1. The second-order valence-corrected chi connectivity index (χ2v) is 5.52. The van der Waals surface area contributed by atoms with E-state index in [0.717, 1.165) is 13.0 Å². The minimum Gasteiger partial charge on any atom is -0.334 e. The molecule has 3 aromatic rings. The fourth-order valence-electron chi connectivity index (χ4n) is 2.86. The largest absolute Gasteiger partial charge is 0.334 e. The Kier molecular flexibility index (Phi) is 3.34. The quantitative estimate of drug-likeness (QED) is 0.725. The molecule has 1 aliphatic rings. The summed E-state index contributed by atoms with van der Waals surface area (Å²) in [5.41, 5.74) is 3.18. The third-order valence-electron chi connectivity index (χ3n) is 4.09. The highest BCUT2D eigenvalue weighted by Gasteiger charge is 2.21. The van der Waals surface area contributed by atoms with Gasteiger partial charge in [-0.15, -0.1) is 10.2 Å². The number of carbonyl (C=O) groups is 1. The molecule has 0 unspecified atom stereocenters. The Labute approximate surface area is 133 Å². The Hall–Kier alpha value is -3.02. The van der Waals surface area contributed by atoms with E-state index in [1.54, 1.807) is 35.6 Å². The van der Waals surface area contributed by atoms with Crippen LogP contribution in [0.1, 0.15) is 21.5 Å². The Balaban J connectivity index is 1.59. The van der Waals surface area contributed by atoms with Gasteiger partial charge in [-0.2, -0.15) is 0 Å². The number of fused-ring (bicyclic) bond motifs is 1. The maximum absolute atomic E-state index is 12.8. The number of aromatic nitrogens is 4. The predicted octanol–water partition coefficient (Wildman–Crippen LogP) is 1.86. The van der Waals surface area contributed by atoms with E-state index >= 15 is 0 Å². The summed E-state index contributed by atoms with van der Waals surface area (Å²) in [5, 5.41) is 7.53. The zero-order valence-electron chi connectivity index (χ0n) is 12.5. The van der Waals surface area contributed by atoms with Crippen LogP contribution >= 0.6 is 0 Å². The van der Waals surface area contributed by atoms with Gasteiger partial charge in [-0.05, 0) is 29.7 Å². The van der Waals surface area contributed by atoms with Gasteiger partial charge >= 0.3 is 0 Å². The first-order valence-corrected chi connectivity index (χ1v) is 7.48. The van der Waals surface area contributed by atoms with Gasteiger partial charge in [-0.3, -0.25) is 9.36 Å². The standard InChI is InChI=1S/C17H15N5O/c23-17(21-8-6-13-3-1-2-4-15(13)10-21)14-5-7-18-16(9-14)22-11-19-20-12-22/h1-5,7,9,11-12H,6,8,10H2. The van der Waals surface area contributed by atoms with E-state index in [2.05, 4.69) is 27.3 Å². The van der Waals surface area contributed by atoms with Crippen molar-refractivity contribution < 1.29 is 4.79 Å². The molecule has 0 atom stereocenters. The highest BCUT2D eigenvalue weighted by atomic mass is 16.2. The van der Waals surface area contributed by atoms with Gasteiger partial charge in [0.2, 0.25) is 0 Å². The molecule has 6 nitrogen and oxygen atoms in total. The number of rotatable bonds is 2. The van der Waals surface area contributed by atoms with Crippen LogP contribution < -0.4 is 0 Å². The average molecular weight is 305 g/mol. The van der Waals surface area contributed by atoms with Gasteiger partial charge < -0.3 is 4.90 Å². The van der Waals surface area contributed by atoms with Crippen molar-refractivity contribution in [2.45, 2.75) is 13.0 Å². The van der Waals surface area contributed by atoms with Crippen LogP contribution in [0.5, 0.6) is 0 Å². The first-order chi connectivity index (χ1) is 11.3. The molecule has 4 rings (SSSR count). The zero-order valence-corrected chi connectivity index (χ0v) is 12.5. The molecule has 0 radical (unpaired) electrons. The van der Waals surface area contributed by atoms with Crippen molar-refractivity contribution in [3.63, 3.8) is 0 Å². The van der Waals surface area contributed by atoms with Gasteiger partial charge in [0.25, 0.3) is 5.91 Å². The molecular formula is C17H15N5O. The smallest absolute Gasteiger partial charge is 0.254 e. The van der Waals surface area contributed by atoms with E-state index in [1.165, 1.54) is 11.1 Å². The van der Waals surface area contributed by atoms with Crippen molar-refractivity contribution in [1.29, 1.82) is 0 Å². The molecule has 0 spiro atoms. The number of amides is 1. The number of benzene rings is 1. The van der Waals surface area contributed by atoms with Crippen LogP contribution in [0.4, 0.5) is 0 Å². The van der Waals surface area contributed by atoms with Crippen LogP contribution in [-0.4, -0.2) is 37.1 Å². The molecular weight excluding hydrogens is 290 g/mol. The van der Waals surface area contributed by atoms with Crippen molar-refractivity contribution >= 4 is 5.91 Å². The van der Waals surface area contributed by atoms with Crippen LogP contribution in [-0.2, 0) is 13.0 Å². The first kappa shape index (κ1) is 13.6. The lowest BCUT2D eigenvalue weighted by Gasteiger charge is -2.29. The molecule has 1 amide bonds. The maximum atomic E-state index is 12.8. The molecule has 23 heavy (non-hydrogen) atoms. The molecule has 0 fully saturated rings. The molecule has 1 aliphatic heterocycles. The van der Waals surface area contributed by atoms with E-state index in [4.69, 9.17) is 0 Å². The van der Waals surface area contributed by atoms with E-state index in [1.807, 2.05) is 17.0 Å². The van der Waals surface area contributed by atoms with E-state index in [-0.39, 0.29) is 5.91 Å². The van der Waals surface area contributed by atoms with Crippen molar-refractivity contribution in [3.05, 3.63) is 71.9 Å². The van der Waals surface area contributed by atoms with E-state index in [0.29, 0.717) is 17.9 Å². The number of nitrogens with zero attached hydrogens (tertiary/aromatic N) is 5. The number of hydrogen-bond acceptors (Lipinski definition) is 4. The van der Waals surface area contributed by atoms with Gasteiger partial charge in [0.1, 0.15) is 18.5 Å². The molecule has 3 heterocycles. The maximum Gasteiger partial charge on any atom is 0.254 e. The Morgan fingerprint density at radius 2 is 1.83 bits per heavy atom. The van der Waals surface area contributed by atoms with Crippen LogP contribution in [0.3, 0.4) is 0 Å².